The van der Waals surface area contributed by atoms with Crippen LogP contribution in [0.5, 0.6) is 11.5 Å². The number of nitro groups is 1. The number of benzene rings is 3. The molecule has 3 amide bonds. The predicted octanol–water partition coefficient (Wildman–Crippen LogP) is 5.54. The van der Waals surface area contributed by atoms with Crippen molar-refractivity contribution < 1.29 is 24.0 Å². The van der Waals surface area contributed by atoms with Gasteiger partial charge in [-0.1, -0.05) is 23.7 Å². The number of urea groups is 1. The van der Waals surface area contributed by atoms with Crippen LogP contribution in [0, 0.1) is 13.7 Å². The standard InChI is InChI=1S/C24H17ClIN3O6/c1-34-21-12-15(10-19(26)22(21)35-13-14-3-2-4-18(9-14)29(32)33)11-20-23(30)28(24(31)27-20)17-7-5-16(25)6-8-17/h2-12H,13H2,1H3,(H,27,31)/b20-11+. The van der Waals surface area contributed by atoms with Gasteiger partial charge < -0.3 is 14.8 Å². The van der Waals surface area contributed by atoms with Crippen LogP contribution in [0.4, 0.5) is 16.2 Å². The van der Waals surface area contributed by atoms with Gasteiger partial charge in [0.15, 0.2) is 11.5 Å². The van der Waals surface area contributed by atoms with Crippen LogP contribution >= 0.6 is 34.2 Å². The Morgan fingerprint density at radius 1 is 1.14 bits per heavy atom. The third-order valence-corrected chi connectivity index (χ3v) is 6.08. The molecular weight excluding hydrogens is 589 g/mol. The quantitative estimate of drug-likeness (QED) is 0.125. The van der Waals surface area contributed by atoms with Gasteiger partial charge >= 0.3 is 6.03 Å². The Bertz CT molecular complexity index is 1360. The van der Waals surface area contributed by atoms with Crippen molar-refractivity contribution >= 4 is 63.6 Å². The average Bonchev–Trinajstić information content (AvgIpc) is 3.11. The van der Waals surface area contributed by atoms with Crippen LogP contribution in [-0.2, 0) is 11.4 Å². The van der Waals surface area contributed by atoms with E-state index in [1.54, 1.807) is 54.6 Å². The highest BCUT2D eigenvalue weighted by atomic mass is 127. The zero-order valence-corrected chi connectivity index (χ0v) is 21.1. The molecule has 1 saturated heterocycles. The van der Waals surface area contributed by atoms with E-state index in [4.69, 9.17) is 21.1 Å². The number of rotatable bonds is 7. The number of hydrogen-bond acceptors (Lipinski definition) is 6. The number of nitrogens with one attached hydrogen (secondary N) is 1. The molecule has 1 aliphatic heterocycles. The van der Waals surface area contributed by atoms with Gasteiger partial charge in [0.25, 0.3) is 11.6 Å². The van der Waals surface area contributed by atoms with Crippen molar-refractivity contribution in [3.8, 4) is 11.5 Å². The molecule has 0 aromatic heterocycles. The molecule has 1 fully saturated rings. The summed E-state index contributed by atoms with van der Waals surface area (Å²) in [5.74, 6) is 0.351. The van der Waals surface area contributed by atoms with E-state index in [0.29, 0.717) is 36.9 Å². The number of carbonyl (C=O) groups is 2. The average molecular weight is 606 g/mol. The molecule has 0 saturated carbocycles. The fourth-order valence-corrected chi connectivity index (χ4v) is 4.31. The van der Waals surface area contributed by atoms with Crippen LogP contribution < -0.4 is 19.7 Å². The molecule has 178 valence electrons. The summed E-state index contributed by atoms with van der Waals surface area (Å²) in [6.07, 6.45) is 1.55. The Hall–Kier alpha value is -3.64. The highest BCUT2D eigenvalue weighted by Gasteiger charge is 2.34. The number of nitro benzene ring substituents is 1. The first kappa shape index (κ1) is 24.5. The number of amides is 3. The highest BCUT2D eigenvalue weighted by Crippen LogP contribution is 2.36. The first-order valence-corrected chi connectivity index (χ1v) is 11.6. The van der Waals surface area contributed by atoms with E-state index in [0.717, 1.165) is 4.90 Å². The number of non-ortho nitro benzene ring substituents is 1. The molecule has 1 aliphatic rings. The Kier molecular flexibility index (Phi) is 7.22. The maximum absolute atomic E-state index is 12.9. The van der Waals surface area contributed by atoms with Crippen LogP contribution in [0.15, 0.2) is 66.4 Å². The van der Waals surface area contributed by atoms with Crippen LogP contribution in [0.3, 0.4) is 0 Å². The van der Waals surface area contributed by atoms with Crippen LogP contribution in [0.25, 0.3) is 6.08 Å². The van der Waals surface area contributed by atoms with Crippen LogP contribution in [-0.4, -0.2) is 24.0 Å². The minimum atomic E-state index is -0.567. The van der Waals surface area contributed by atoms with Gasteiger partial charge in [-0.3, -0.25) is 14.9 Å². The van der Waals surface area contributed by atoms with Crippen molar-refractivity contribution in [2.45, 2.75) is 6.61 Å². The largest absolute Gasteiger partial charge is 0.493 e. The Morgan fingerprint density at radius 3 is 2.57 bits per heavy atom. The summed E-state index contributed by atoms with van der Waals surface area (Å²) >= 11 is 7.96. The number of methoxy groups -OCH3 is 1. The molecular formula is C24H17ClIN3O6. The number of carbonyl (C=O) groups excluding carboxylic acids is 2. The zero-order valence-electron chi connectivity index (χ0n) is 18.2. The van der Waals surface area contributed by atoms with E-state index in [2.05, 4.69) is 27.9 Å². The number of anilines is 1. The van der Waals surface area contributed by atoms with Gasteiger partial charge in [0.05, 0.1) is 21.3 Å². The minimum Gasteiger partial charge on any atom is -0.493 e. The molecule has 1 N–H and O–H groups in total. The lowest BCUT2D eigenvalue weighted by Crippen LogP contribution is -2.30. The van der Waals surface area contributed by atoms with Crippen molar-refractivity contribution in [1.82, 2.24) is 5.32 Å². The van der Waals surface area contributed by atoms with E-state index in [9.17, 15) is 19.7 Å². The smallest absolute Gasteiger partial charge is 0.333 e. The van der Waals surface area contributed by atoms with E-state index in [-0.39, 0.29) is 18.0 Å². The summed E-state index contributed by atoms with van der Waals surface area (Å²) in [5.41, 5.74) is 1.72. The molecule has 9 nitrogen and oxygen atoms in total. The Labute approximate surface area is 218 Å². The zero-order chi connectivity index (χ0) is 25.1. The second-order valence-electron chi connectivity index (χ2n) is 7.35. The number of halogens is 2. The van der Waals surface area contributed by atoms with Crippen molar-refractivity contribution in [2.75, 3.05) is 12.0 Å². The molecule has 0 spiro atoms. The molecule has 3 aromatic carbocycles. The van der Waals surface area contributed by atoms with Crippen molar-refractivity contribution in [3.63, 3.8) is 0 Å². The Morgan fingerprint density at radius 2 is 1.89 bits per heavy atom. The maximum atomic E-state index is 12.9. The number of ether oxygens (including phenoxy) is 2. The van der Waals surface area contributed by atoms with Gasteiger partial charge in [-0.05, 0) is 76.2 Å². The highest BCUT2D eigenvalue weighted by molar-refractivity contribution is 14.1. The van der Waals surface area contributed by atoms with E-state index >= 15 is 0 Å². The number of nitrogens with zero attached hydrogens (tertiary/aromatic N) is 2. The third kappa shape index (κ3) is 5.38. The fourth-order valence-electron chi connectivity index (χ4n) is 3.40. The van der Waals surface area contributed by atoms with E-state index in [1.165, 1.54) is 19.2 Å². The summed E-state index contributed by atoms with van der Waals surface area (Å²) in [6, 6.07) is 15.4. The lowest BCUT2D eigenvalue weighted by molar-refractivity contribution is -0.384. The number of imide groups is 1. The fraction of sp³-hybridized carbons (Fsp3) is 0.0833. The normalized spacial score (nSPS) is 14.3. The molecule has 35 heavy (non-hydrogen) atoms. The maximum Gasteiger partial charge on any atom is 0.333 e. The first-order valence-electron chi connectivity index (χ1n) is 10.1. The number of hydrogen-bond donors (Lipinski definition) is 1. The van der Waals surface area contributed by atoms with Gasteiger partial charge in [0.2, 0.25) is 0 Å². The lowest BCUT2D eigenvalue weighted by Gasteiger charge is -2.14. The van der Waals surface area contributed by atoms with Crippen LogP contribution in [0.2, 0.25) is 5.02 Å². The van der Waals surface area contributed by atoms with Crippen molar-refractivity contribution in [3.05, 3.63) is 96.2 Å². The molecule has 0 atom stereocenters. The summed E-state index contributed by atoms with van der Waals surface area (Å²) in [5, 5.41) is 14.1. The molecule has 11 heteroatoms. The SMILES string of the molecule is COc1cc(/C=C2/NC(=O)N(c3ccc(Cl)cc3)C2=O)cc(I)c1OCc1cccc([N+](=O)[O-])c1. The predicted molar refractivity (Wildman–Crippen MR) is 139 cm³/mol. The second-order valence-corrected chi connectivity index (χ2v) is 8.95. The molecule has 0 bridgehead atoms. The summed E-state index contributed by atoms with van der Waals surface area (Å²) in [7, 11) is 1.48. The molecule has 0 unspecified atom stereocenters. The van der Waals surface area contributed by atoms with Crippen molar-refractivity contribution in [1.29, 1.82) is 0 Å². The van der Waals surface area contributed by atoms with E-state index in [1.807, 2.05) is 0 Å². The topological polar surface area (TPSA) is 111 Å². The monoisotopic (exact) mass is 605 g/mol. The van der Waals surface area contributed by atoms with Crippen LogP contribution in [0.1, 0.15) is 11.1 Å². The summed E-state index contributed by atoms with van der Waals surface area (Å²) in [4.78, 5) is 36.9. The van der Waals surface area contributed by atoms with Gasteiger partial charge in [-0.15, -0.1) is 0 Å². The first-order chi connectivity index (χ1) is 16.8. The van der Waals surface area contributed by atoms with E-state index < -0.39 is 16.9 Å². The third-order valence-electron chi connectivity index (χ3n) is 5.03. The van der Waals surface area contributed by atoms with Gasteiger partial charge in [0, 0.05) is 17.2 Å². The molecule has 0 aliphatic carbocycles. The molecule has 4 rings (SSSR count). The second kappa shape index (κ2) is 10.3. The summed E-state index contributed by atoms with van der Waals surface area (Å²) in [6.45, 7) is 0.0963. The summed E-state index contributed by atoms with van der Waals surface area (Å²) < 4.78 is 12.1. The minimum absolute atomic E-state index is 0.0225. The molecule has 1 heterocycles. The van der Waals surface area contributed by atoms with Gasteiger partial charge in [-0.2, -0.15) is 0 Å². The lowest BCUT2D eigenvalue weighted by atomic mass is 10.1. The molecule has 3 aromatic rings. The van der Waals surface area contributed by atoms with Crippen molar-refractivity contribution in [2.24, 2.45) is 0 Å². The Balaban J connectivity index is 1.56. The molecule has 0 radical (unpaired) electrons. The van der Waals surface area contributed by atoms with Gasteiger partial charge in [0.1, 0.15) is 12.3 Å². The van der Waals surface area contributed by atoms with Gasteiger partial charge in [-0.25, -0.2) is 9.69 Å².